The second kappa shape index (κ2) is 9.40. The van der Waals surface area contributed by atoms with Gasteiger partial charge in [-0.3, -0.25) is 19.7 Å². The standard InChI is InChI=1S/C22H29N5O3/c1-16-3-6-21(29)19(24-16)14-27-20-13-17(15-28)4-5-18(20)25-22(27)23-7-2-8-26-9-11-30-12-10-26/h3-4,6,13,15,18,29H,2,5,7-12,14H2,1H3,(H,23,25). The molecule has 2 saturated heterocycles. The first-order valence-electron chi connectivity index (χ1n) is 10.5. The smallest absolute Gasteiger partial charge is 0.199 e. The summed E-state index contributed by atoms with van der Waals surface area (Å²) < 4.78 is 5.40. The van der Waals surface area contributed by atoms with Gasteiger partial charge < -0.3 is 20.1 Å². The SMILES string of the molecule is Cc1ccc(O)c(CN2C3=CC(C=O)=CCC3NC2=NCCCN2CCOCC2)n1. The first kappa shape index (κ1) is 20.6. The van der Waals surface area contributed by atoms with E-state index >= 15 is 0 Å². The van der Waals surface area contributed by atoms with Crippen LogP contribution in [-0.4, -0.2) is 77.6 Å². The molecule has 0 spiro atoms. The normalized spacial score (nSPS) is 23.0. The number of aromatic hydroxyl groups is 1. The van der Waals surface area contributed by atoms with Gasteiger partial charge in [0.05, 0.1) is 25.8 Å². The van der Waals surface area contributed by atoms with Crippen molar-refractivity contribution in [2.24, 2.45) is 4.99 Å². The van der Waals surface area contributed by atoms with Crippen molar-refractivity contribution in [3.05, 3.63) is 46.9 Å². The second-order valence-electron chi connectivity index (χ2n) is 7.84. The summed E-state index contributed by atoms with van der Waals surface area (Å²) in [6.07, 6.45) is 6.42. The molecule has 8 heteroatoms. The Morgan fingerprint density at radius 1 is 1.37 bits per heavy atom. The van der Waals surface area contributed by atoms with E-state index in [1.165, 1.54) is 0 Å². The van der Waals surface area contributed by atoms with Gasteiger partial charge in [0.25, 0.3) is 0 Å². The molecule has 1 unspecified atom stereocenters. The van der Waals surface area contributed by atoms with Crippen LogP contribution in [0.5, 0.6) is 5.75 Å². The molecule has 0 aromatic carbocycles. The Hall–Kier alpha value is -2.71. The quantitative estimate of drug-likeness (QED) is 0.517. The molecule has 2 fully saturated rings. The minimum Gasteiger partial charge on any atom is -0.506 e. The zero-order valence-electron chi connectivity index (χ0n) is 17.4. The Bertz CT molecular complexity index is 874. The number of morpholine rings is 1. The minimum atomic E-state index is 0.0821. The molecule has 4 rings (SSSR count). The summed E-state index contributed by atoms with van der Waals surface area (Å²) in [7, 11) is 0. The Balaban J connectivity index is 1.49. The number of aryl methyl sites for hydroxylation is 1. The number of allylic oxidation sites excluding steroid dienone is 2. The number of hydrogen-bond donors (Lipinski definition) is 2. The number of guanidine groups is 1. The zero-order valence-corrected chi connectivity index (χ0v) is 17.4. The van der Waals surface area contributed by atoms with Gasteiger partial charge in [-0.15, -0.1) is 0 Å². The van der Waals surface area contributed by atoms with Crippen molar-refractivity contribution in [1.82, 2.24) is 20.1 Å². The Morgan fingerprint density at radius 2 is 2.20 bits per heavy atom. The highest BCUT2D eigenvalue weighted by atomic mass is 16.5. The monoisotopic (exact) mass is 411 g/mol. The summed E-state index contributed by atoms with van der Waals surface area (Å²) in [5.74, 6) is 0.940. The van der Waals surface area contributed by atoms with Crippen LogP contribution in [0.1, 0.15) is 24.2 Å². The zero-order chi connectivity index (χ0) is 20.9. The number of nitrogens with zero attached hydrogens (tertiary/aromatic N) is 4. The van der Waals surface area contributed by atoms with Crippen LogP contribution in [0.4, 0.5) is 0 Å². The lowest BCUT2D eigenvalue weighted by Gasteiger charge is -2.26. The van der Waals surface area contributed by atoms with Crippen LogP contribution in [-0.2, 0) is 16.1 Å². The van der Waals surface area contributed by atoms with E-state index in [1.807, 2.05) is 24.0 Å². The molecule has 3 aliphatic rings. The topological polar surface area (TPSA) is 90.3 Å². The van der Waals surface area contributed by atoms with Gasteiger partial charge in [-0.25, -0.2) is 0 Å². The fourth-order valence-corrected chi connectivity index (χ4v) is 4.01. The van der Waals surface area contributed by atoms with Crippen molar-refractivity contribution in [3.8, 4) is 5.75 Å². The van der Waals surface area contributed by atoms with Gasteiger partial charge in [-0.2, -0.15) is 0 Å². The van der Waals surface area contributed by atoms with Crippen LogP contribution in [0.2, 0.25) is 0 Å². The van der Waals surface area contributed by atoms with E-state index in [4.69, 9.17) is 9.73 Å². The third-order valence-electron chi connectivity index (χ3n) is 5.66. The molecule has 1 aromatic rings. The van der Waals surface area contributed by atoms with Gasteiger partial charge >= 0.3 is 0 Å². The van der Waals surface area contributed by atoms with Crippen molar-refractivity contribution in [1.29, 1.82) is 0 Å². The molecule has 2 N–H and O–H groups in total. The summed E-state index contributed by atoms with van der Waals surface area (Å²) in [5, 5.41) is 13.8. The molecule has 3 heterocycles. The fraction of sp³-hybridized carbons (Fsp3) is 0.500. The lowest BCUT2D eigenvalue weighted by Crippen LogP contribution is -2.37. The maximum Gasteiger partial charge on any atom is 0.199 e. The van der Waals surface area contributed by atoms with Gasteiger partial charge in [0.1, 0.15) is 17.7 Å². The summed E-state index contributed by atoms with van der Waals surface area (Å²) >= 11 is 0. The van der Waals surface area contributed by atoms with Crippen LogP contribution in [0, 0.1) is 6.92 Å². The molecule has 1 aliphatic carbocycles. The van der Waals surface area contributed by atoms with Crippen LogP contribution >= 0.6 is 0 Å². The number of aliphatic imine (C=N–C) groups is 1. The Kier molecular flexibility index (Phi) is 6.44. The predicted molar refractivity (Wildman–Crippen MR) is 114 cm³/mol. The third-order valence-corrected chi connectivity index (χ3v) is 5.66. The second-order valence-corrected chi connectivity index (χ2v) is 7.84. The molecule has 1 aromatic heterocycles. The molecule has 0 bridgehead atoms. The van der Waals surface area contributed by atoms with E-state index in [9.17, 15) is 9.90 Å². The Morgan fingerprint density at radius 3 is 3.00 bits per heavy atom. The third kappa shape index (κ3) is 4.71. The predicted octanol–water partition coefficient (Wildman–Crippen LogP) is 1.36. The summed E-state index contributed by atoms with van der Waals surface area (Å²) in [5.41, 5.74) is 3.11. The van der Waals surface area contributed by atoms with Gasteiger partial charge in [0, 0.05) is 43.1 Å². The number of rotatable bonds is 7. The molecule has 30 heavy (non-hydrogen) atoms. The molecular weight excluding hydrogens is 382 g/mol. The summed E-state index contributed by atoms with van der Waals surface area (Å²) in [4.78, 5) is 25.1. The minimum absolute atomic E-state index is 0.0821. The van der Waals surface area contributed by atoms with Crippen molar-refractivity contribution in [3.63, 3.8) is 0 Å². The average molecular weight is 412 g/mol. The lowest BCUT2D eigenvalue weighted by molar-refractivity contribution is -0.104. The van der Waals surface area contributed by atoms with Gasteiger partial charge in [-0.1, -0.05) is 6.08 Å². The van der Waals surface area contributed by atoms with Crippen LogP contribution in [0.15, 0.2) is 40.5 Å². The van der Waals surface area contributed by atoms with Crippen molar-refractivity contribution in [2.45, 2.75) is 32.4 Å². The van der Waals surface area contributed by atoms with Crippen molar-refractivity contribution < 1.29 is 14.6 Å². The van der Waals surface area contributed by atoms with E-state index in [0.29, 0.717) is 24.4 Å². The number of hydrogen-bond acceptors (Lipinski definition) is 6. The summed E-state index contributed by atoms with van der Waals surface area (Å²) in [6, 6.07) is 3.54. The van der Waals surface area contributed by atoms with Crippen molar-refractivity contribution in [2.75, 3.05) is 39.4 Å². The number of aldehydes is 1. The number of carbonyl (C=O) groups is 1. The van der Waals surface area contributed by atoms with Crippen LogP contribution in [0.25, 0.3) is 0 Å². The van der Waals surface area contributed by atoms with E-state index < -0.39 is 0 Å². The molecule has 160 valence electrons. The highest BCUT2D eigenvalue weighted by Gasteiger charge is 2.34. The average Bonchev–Trinajstić information content (AvgIpc) is 3.11. The van der Waals surface area contributed by atoms with Gasteiger partial charge in [0.2, 0.25) is 0 Å². The maximum absolute atomic E-state index is 11.3. The highest BCUT2D eigenvalue weighted by Crippen LogP contribution is 2.29. The first-order valence-corrected chi connectivity index (χ1v) is 10.5. The fourth-order valence-electron chi connectivity index (χ4n) is 4.01. The van der Waals surface area contributed by atoms with Gasteiger partial charge in [-0.05, 0) is 38.0 Å². The van der Waals surface area contributed by atoms with Crippen LogP contribution in [0.3, 0.4) is 0 Å². The first-order chi connectivity index (χ1) is 14.6. The number of aromatic nitrogens is 1. The highest BCUT2D eigenvalue weighted by molar-refractivity contribution is 5.88. The van der Waals surface area contributed by atoms with Crippen molar-refractivity contribution >= 4 is 12.2 Å². The summed E-state index contributed by atoms with van der Waals surface area (Å²) in [6.45, 7) is 7.58. The molecule has 0 amide bonds. The molecule has 0 radical (unpaired) electrons. The van der Waals surface area contributed by atoms with E-state index in [1.54, 1.807) is 12.1 Å². The molecule has 8 nitrogen and oxygen atoms in total. The number of pyridine rings is 1. The Labute approximate surface area is 176 Å². The van der Waals surface area contributed by atoms with Gasteiger partial charge in [0.15, 0.2) is 5.96 Å². The number of ether oxygens (including phenoxy) is 1. The number of fused-ring (bicyclic) bond motifs is 1. The number of nitrogens with one attached hydrogen (secondary N) is 1. The molecule has 2 aliphatic heterocycles. The number of carbonyl (C=O) groups excluding carboxylic acids is 1. The van der Waals surface area contributed by atoms with Crippen LogP contribution < -0.4 is 5.32 Å². The molecular formula is C22H29N5O3. The van der Waals surface area contributed by atoms with E-state index in [2.05, 4.69) is 15.2 Å². The molecule has 0 saturated carbocycles. The largest absolute Gasteiger partial charge is 0.506 e. The van der Waals surface area contributed by atoms with E-state index in [-0.39, 0.29) is 11.8 Å². The molecule has 1 atom stereocenters. The lowest BCUT2D eigenvalue weighted by atomic mass is 10.0. The maximum atomic E-state index is 11.3. The van der Waals surface area contributed by atoms with E-state index in [0.717, 1.165) is 69.3 Å².